The lowest BCUT2D eigenvalue weighted by molar-refractivity contribution is 0.608. The molecule has 0 aliphatic rings. The van der Waals surface area contributed by atoms with Gasteiger partial charge in [-0.1, -0.05) is 43.0 Å². The van der Waals surface area contributed by atoms with E-state index in [9.17, 15) is 4.39 Å². The first kappa shape index (κ1) is 11.2. The van der Waals surface area contributed by atoms with Gasteiger partial charge in [0.2, 0.25) is 0 Å². The largest absolute Gasteiger partial charge is 0.207 e. The summed E-state index contributed by atoms with van der Waals surface area (Å²) in [5.74, 6) is -0.108. The molecular weight excluding hydrogens is 219 g/mol. The zero-order valence-corrected chi connectivity index (χ0v) is 9.93. The van der Waals surface area contributed by atoms with E-state index >= 15 is 0 Å². The van der Waals surface area contributed by atoms with Crippen molar-refractivity contribution in [3.8, 4) is 0 Å². The van der Waals surface area contributed by atoms with Gasteiger partial charge in [0, 0.05) is 9.79 Å². The average molecular weight is 232 g/mol. The van der Waals surface area contributed by atoms with Crippen molar-refractivity contribution < 1.29 is 4.39 Å². The predicted molar refractivity (Wildman–Crippen MR) is 66.3 cm³/mol. The molecule has 2 aromatic carbocycles. The maximum Gasteiger partial charge on any atom is 0.127 e. The predicted octanol–water partition coefficient (Wildman–Crippen LogP) is 4.54. The second-order valence-electron chi connectivity index (χ2n) is 3.52. The zero-order valence-electron chi connectivity index (χ0n) is 9.11. The van der Waals surface area contributed by atoms with Crippen molar-refractivity contribution >= 4 is 11.8 Å². The Morgan fingerprint density at radius 3 is 2.38 bits per heavy atom. The minimum Gasteiger partial charge on any atom is -0.207 e. The molecule has 0 amide bonds. The highest BCUT2D eigenvalue weighted by molar-refractivity contribution is 7.99. The number of aryl methyl sites for hydroxylation is 1. The van der Waals surface area contributed by atoms with Gasteiger partial charge in [-0.15, -0.1) is 0 Å². The Labute approximate surface area is 99.5 Å². The van der Waals surface area contributed by atoms with Crippen LogP contribution in [-0.4, -0.2) is 0 Å². The topological polar surface area (TPSA) is 0 Å². The van der Waals surface area contributed by atoms with E-state index in [2.05, 4.69) is 0 Å². The van der Waals surface area contributed by atoms with Crippen LogP contribution in [0.2, 0.25) is 0 Å². The Morgan fingerprint density at radius 1 is 1.00 bits per heavy atom. The van der Waals surface area contributed by atoms with Gasteiger partial charge in [-0.3, -0.25) is 0 Å². The van der Waals surface area contributed by atoms with Gasteiger partial charge in [-0.25, -0.2) is 4.39 Å². The van der Waals surface area contributed by atoms with Gasteiger partial charge in [0.05, 0.1) is 0 Å². The monoisotopic (exact) mass is 232 g/mol. The van der Waals surface area contributed by atoms with E-state index in [-0.39, 0.29) is 5.82 Å². The first-order valence-electron chi connectivity index (χ1n) is 5.31. The van der Waals surface area contributed by atoms with E-state index < -0.39 is 0 Å². The summed E-state index contributed by atoms with van der Waals surface area (Å²) < 4.78 is 13.5. The molecule has 0 fully saturated rings. The maximum absolute atomic E-state index is 13.5. The fourth-order valence-corrected chi connectivity index (χ4v) is 2.37. The van der Waals surface area contributed by atoms with Crippen molar-refractivity contribution in [2.75, 3.05) is 0 Å². The molecule has 2 aromatic rings. The van der Waals surface area contributed by atoms with Gasteiger partial charge in [-0.2, -0.15) is 0 Å². The Kier molecular flexibility index (Phi) is 3.62. The summed E-state index contributed by atoms with van der Waals surface area (Å²) in [5, 5.41) is 0. The van der Waals surface area contributed by atoms with Crippen LogP contribution in [0.1, 0.15) is 12.5 Å². The summed E-state index contributed by atoms with van der Waals surface area (Å²) in [4.78, 5) is 2.08. The van der Waals surface area contributed by atoms with Crippen LogP contribution in [0.25, 0.3) is 0 Å². The number of hydrogen-bond donors (Lipinski definition) is 0. The number of benzene rings is 2. The number of hydrogen-bond acceptors (Lipinski definition) is 1. The molecule has 0 saturated carbocycles. The SMILES string of the molecule is CCc1ccc(Sc2ccccc2)cc1F. The average Bonchev–Trinajstić information content (AvgIpc) is 2.31. The molecule has 82 valence electrons. The summed E-state index contributed by atoms with van der Waals surface area (Å²) in [6.07, 6.45) is 0.738. The Balaban J connectivity index is 2.20. The molecule has 0 aromatic heterocycles. The van der Waals surface area contributed by atoms with Crippen LogP contribution >= 0.6 is 11.8 Å². The van der Waals surface area contributed by atoms with Crippen molar-refractivity contribution in [1.82, 2.24) is 0 Å². The van der Waals surface area contributed by atoms with Gasteiger partial charge in [0.15, 0.2) is 0 Å². The molecule has 0 nitrogen and oxygen atoms in total. The van der Waals surface area contributed by atoms with Crippen LogP contribution in [-0.2, 0) is 6.42 Å². The molecule has 0 atom stereocenters. The first-order valence-corrected chi connectivity index (χ1v) is 6.12. The second-order valence-corrected chi connectivity index (χ2v) is 4.67. The molecule has 0 unspecified atom stereocenters. The molecule has 16 heavy (non-hydrogen) atoms. The Hall–Kier alpha value is -1.28. The number of halogens is 1. The van der Waals surface area contributed by atoms with Crippen molar-refractivity contribution in [2.24, 2.45) is 0 Å². The van der Waals surface area contributed by atoms with Crippen molar-refractivity contribution in [3.63, 3.8) is 0 Å². The van der Waals surface area contributed by atoms with E-state index in [4.69, 9.17) is 0 Å². The highest BCUT2D eigenvalue weighted by atomic mass is 32.2. The summed E-state index contributed by atoms with van der Waals surface area (Å²) in [7, 11) is 0. The minimum absolute atomic E-state index is 0.108. The van der Waals surface area contributed by atoms with Crippen LogP contribution in [0.3, 0.4) is 0 Å². The summed E-state index contributed by atoms with van der Waals surface area (Å²) >= 11 is 1.58. The minimum atomic E-state index is -0.108. The van der Waals surface area contributed by atoms with Gasteiger partial charge in [0.1, 0.15) is 5.82 Å². The third kappa shape index (κ3) is 2.64. The Bertz CT molecular complexity index is 465. The van der Waals surface area contributed by atoms with Crippen LogP contribution < -0.4 is 0 Å². The molecule has 0 heterocycles. The third-order valence-electron chi connectivity index (χ3n) is 2.38. The summed E-state index contributed by atoms with van der Waals surface area (Å²) in [6, 6.07) is 15.4. The summed E-state index contributed by atoms with van der Waals surface area (Å²) in [5.41, 5.74) is 0.775. The van der Waals surface area contributed by atoms with E-state index in [1.165, 1.54) is 0 Å². The van der Waals surface area contributed by atoms with E-state index in [0.29, 0.717) is 0 Å². The lowest BCUT2D eigenvalue weighted by Gasteiger charge is -2.04. The van der Waals surface area contributed by atoms with Crippen LogP contribution in [0.5, 0.6) is 0 Å². The van der Waals surface area contributed by atoms with E-state index in [1.807, 2.05) is 49.4 Å². The maximum atomic E-state index is 13.5. The lowest BCUT2D eigenvalue weighted by atomic mass is 10.2. The molecule has 2 heteroatoms. The molecule has 0 radical (unpaired) electrons. The molecule has 0 aliphatic carbocycles. The van der Waals surface area contributed by atoms with Crippen molar-refractivity contribution in [1.29, 1.82) is 0 Å². The van der Waals surface area contributed by atoms with Crippen molar-refractivity contribution in [2.45, 2.75) is 23.1 Å². The molecule has 0 aliphatic heterocycles. The lowest BCUT2D eigenvalue weighted by Crippen LogP contribution is -1.87. The third-order valence-corrected chi connectivity index (χ3v) is 3.38. The smallest absolute Gasteiger partial charge is 0.127 e. The molecule has 0 spiro atoms. The van der Waals surface area contributed by atoms with Gasteiger partial charge >= 0.3 is 0 Å². The zero-order chi connectivity index (χ0) is 11.4. The van der Waals surface area contributed by atoms with Gasteiger partial charge in [-0.05, 0) is 36.2 Å². The van der Waals surface area contributed by atoms with Crippen LogP contribution in [0, 0.1) is 5.82 Å². The Morgan fingerprint density at radius 2 is 1.75 bits per heavy atom. The van der Waals surface area contributed by atoms with E-state index in [1.54, 1.807) is 17.8 Å². The van der Waals surface area contributed by atoms with Crippen LogP contribution in [0.4, 0.5) is 4.39 Å². The molecule has 2 rings (SSSR count). The standard InChI is InChI=1S/C14H13FS/c1-2-11-8-9-13(10-14(11)15)16-12-6-4-3-5-7-12/h3-10H,2H2,1H3. The normalized spacial score (nSPS) is 10.4. The van der Waals surface area contributed by atoms with E-state index in [0.717, 1.165) is 21.8 Å². The highest BCUT2D eigenvalue weighted by Gasteiger charge is 2.02. The molecule has 0 N–H and O–H groups in total. The number of rotatable bonds is 3. The van der Waals surface area contributed by atoms with Gasteiger partial charge in [0.25, 0.3) is 0 Å². The van der Waals surface area contributed by atoms with Gasteiger partial charge < -0.3 is 0 Å². The van der Waals surface area contributed by atoms with Crippen molar-refractivity contribution in [3.05, 3.63) is 59.9 Å². The fraction of sp³-hybridized carbons (Fsp3) is 0.143. The fourth-order valence-electron chi connectivity index (χ4n) is 1.50. The first-order chi connectivity index (χ1) is 7.79. The quantitative estimate of drug-likeness (QED) is 0.748. The molecule has 0 saturated heterocycles. The molecular formula is C14H13FS. The second kappa shape index (κ2) is 5.17. The summed E-state index contributed by atoms with van der Waals surface area (Å²) in [6.45, 7) is 1.96. The van der Waals surface area contributed by atoms with Crippen LogP contribution in [0.15, 0.2) is 58.3 Å². The highest BCUT2D eigenvalue weighted by Crippen LogP contribution is 2.28. The molecule has 0 bridgehead atoms.